The van der Waals surface area contributed by atoms with E-state index in [1.165, 1.54) is 0 Å². The quantitative estimate of drug-likeness (QED) is 0.0308. The van der Waals surface area contributed by atoms with Gasteiger partial charge in [0.05, 0.1) is 37.6 Å². The number of epoxide rings is 2. The van der Waals surface area contributed by atoms with Gasteiger partial charge in [0.15, 0.2) is 5.96 Å². The number of carboxylic acids is 1. The first-order valence-corrected chi connectivity index (χ1v) is 16.8. The van der Waals surface area contributed by atoms with Crippen molar-refractivity contribution in [2.75, 3.05) is 39.9 Å². The van der Waals surface area contributed by atoms with Crippen LogP contribution in [0.25, 0.3) is 0 Å². The Labute approximate surface area is 286 Å². The minimum absolute atomic E-state index is 0.0346. The smallest absolute Gasteiger partial charge is 0.407 e. The van der Waals surface area contributed by atoms with Crippen LogP contribution in [0, 0.1) is 17.2 Å². The summed E-state index contributed by atoms with van der Waals surface area (Å²) in [4.78, 5) is 61.4. The third-order valence-electron chi connectivity index (χ3n) is 9.25. The molecule has 2 saturated heterocycles. The maximum Gasteiger partial charge on any atom is 0.407 e. The van der Waals surface area contributed by atoms with Crippen LogP contribution in [0.3, 0.4) is 0 Å². The standard InChI is InChI=1S/C31H54N8O10/c1-17(2)7-8-21-30(3,49-21)25-24(46-4)20(9-10-31(25)16-47-31)48-29(45)37-13-12-35-27(44)19(14-23(41)42)39-22(40)15-38-26(43)18(32)6-5-11-36-28(33)34/h17-21,24-25H,5-16,32H2,1-4H3,(H,35,44)(H,37,45)(H,38,43)(H,39,40)(H,41,42)(H4,33,34,36)/t18-,19-,20-,21-,24?,25-,30+,31+/m1/s1. The summed E-state index contributed by atoms with van der Waals surface area (Å²) in [5.74, 6) is -3.29. The summed E-state index contributed by atoms with van der Waals surface area (Å²) in [5.41, 5.74) is 10.2. The molecule has 0 bridgehead atoms. The fourth-order valence-corrected chi connectivity index (χ4v) is 6.53. The van der Waals surface area contributed by atoms with Gasteiger partial charge in [0.1, 0.15) is 29.5 Å². The molecule has 11 N–H and O–H groups in total. The van der Waals surface area contributed by atoms with E-state index in [2.05, 4.69) is 47.4 Å². The third-order valence-corrected chi connectivity index (χ3v) is 9.25. The molecule has 18 nitrogen and oxygen atoms in total. The summed E-state index contributed by atoms with van der Waals surface area (Å²) in [6, 6.07) is -2.36. The highest BCUT2D eigenvalue weighted by atomic mass is 16.6. The van der Waals surface area contributed by atoms with E-state index in [0.717, 1.165) is 12.8 Å². The van der Waals surface area contributed by atoms with Gasteiger partial charge in [-0.1, -0.05) is 13.8 Å². The van der Waals surface area contributed by atoms with Crippen molar-refractivity contribution in [3.05, 3.63) is 0 Å². The lowest BCUT2D eigenvalue weighted by Crippen LogP contribution is -2.56. The molecule has 1 saturated carbocycles. The molecule has 2 aliphatic heterocycles. The van der Waals surface area contributed by atoms with Crippen molar-refractivity contribution < 1.29 is 48.0 Å². The van der Waals surface area contributed by atoms with Gasteiger partial charge in [-0.2, -0.15) is 0 Å². The summed E-state index contributed by atoms with van der Waals surface area (Å²) in [7, 11) is 1.59. The number of carboxylic acid groups (broad SMARTS) is 1. The SMILES string of the molecule is COC1[C@H](OC(=O)NCCNC(=O)[C@@H](CC(=O)O)NC(=O)CNC(=O)[C@H](N)CCCNC(=N)N)CC[C@]2(CO2)[C@H]1[C@@]1(C)O[C@@H]1CCC(C)C. The van der Waals surface area contributed by atoms with Crippen molar-refractivity contribution in [3.8, 4) is 0 Å². The summed E-state index contributed by atoms with van der Waals surface area (Å²) in [6.07, 6.45) is 1.62. The minimum atomic E-state index is -1.44. The summed E-state index contributed by atoms with van der Waals surface area (Å²) in [5, 5.41) is 28.6. The first-order chi connectivity index (χ1) is 23.1. The molecule has 1 spiro atoms. The van der Waals surface area contributed by atoms with Crippen LogP contribution in [0.5, 0.6) is 0 Å². The average molecular weight is 699 g/mol. The number of carbonyl (C=O) groups is 5. The number of hydrogen-bond donors (Lipinski definition) is 9. The van der Waals surface area contributed by atoms with Crippen LogP contribution in [0.15, 0.2) is 0 Å². The molecule has 3 fully saturated rings. The lowest BCUT2D eigenvalue weighted by Gasteiger charge is -2.42. The number of methoxy groups -OCH3 is 1. The summed E-state index contributed by atoms with van der Waals surface area (Å²) in [6.45, 7) is 6.74. The Morgan fingerprint density at radius 3 is 2.35 bits per heavy atom. The van der Waals surface area contributed by atoms with Crippen molar-refractivity contribution in [2.45, 2.75) is 107 Å². The van der Waals surface area contributed by atoms with Crippen LogP contribution >= 0.6 is 0 Å². The molecule has 0 aromatic rings. The maximum absolute atomic E-state index is 12.7. The first kappa shape index (κ1) is 39.7. The number of nitrogens with two attached hydrogens (primary N) is 2. The van der Waals surface area contributed by atoms with Crippen LogP contribution < -0.4 is 38.1 Å². The molecule has 0 radical (unpaired) electrons. The second-order valence-electron chi connectivity index (χ2n) is 13.5. The molecule has 18 heteroatoms. The minimum Gasteiger partial charge on any atom is -0.481 e. The zero-order valence-electron chi connectivity index (χ0n) is 28.8. The fraction of sp³-hybridized carbons (Fsp3) is 0.806. The summed E-state index contributed by atoms with van der Waals surface area (Å²) < 4.78 is 23.8. The highest BCUT2D eigenvalue weighted by Gasteiger charge is 2.72. The molecular formula is C31H54N8O10. The van der Waals surface area contributed by atoms with Gasteiger partial charge < -0.3 is 62.1 Å². The Morgan fingerprint density at radius 2 is 1.73 bits per heavy atom. The lowest BCUT2D eigenvalue weighted by molar-refractivity contribution is -0.140. The molecule has 2 heterocycles. The molecule has 1 unspecified atom stereocenters. The van der Waals surface area contributed by atoms with E-state index >= 15 is 0 Å². The zero-order chi connectivity index (χ0) is 36.4. The number of alkyl carbamates (subject to hydrolysis) is 1. The van der Waals surface area contributed by atoms with E-state index in [1.807, 2.05) is 0 Å². The Hall–Kier alpha value is -3.74. The number of hydrogen-bond acceptors (Lipinski definition) is 11. The first-order valence-electron chi connectivity index (χ1n) is 16.8. The van der Waals surface area contributed by atoms with Crippen LogP contribution in [-0.4, -0.2) is 122 Å². The lowest BCUT2D eigenvalue weighted by atomic mass is 9.68. The Balaban J connectivity index is 1.41. The van der Waals surface area contributed by atoms with Gasteiger partial charge >= 0.3 is 12.1 Å². The second-order valence-corrected chi connectivity index (χ2v) is 13.5. The monoisotopic (exact) mass is 698 g/mol. The molecule has 49 heavy (non-hydrogen) atoms. The van der Waals surface area contributed by atoms with Crippen LogP contribution in [0.1, 0.15) is 65.7 Å². The largest absolute Gasteiger partial charge is 0.481 e. The molecule has 0 aromatic heterocycles. The van der Waals surface area contributed by atoms with Crippen molar-refractivity contribution in [1.29, 1.82) is 5.41 Å². The van der Waals surface area contributed by atoms with Gasteiger partial charge in [0, 0.05) is 26.7 Å². The van der Waals surface area contributed by atoms with E-state index in [0.29, 0.717) is 38.3 Å². The number of amides is 4. The molecule has 3 aliphatic rings. The van der Waals surface area contributed by atoms with E-state index < -0.39 is 72.6 Å². The van der Waals surface area contributed by atoms with Gasteiger partial charge in [0.2, 0.25) is 17.7 Å². The molecule has 278 valence electrons. The van der Waals surface area contributed by atoms with Gasteiger partial charge in [-0.3, -0.25) is 24.6 Å². The number of guanidine groups is 1. The molecule has 1 aliphatic carbocycles. The third kappa shape index (κ3) is 11.7. The molecular weight excluding hydrogens is 644 g/mol. The normalized spacial score (nSPS) is 28.1. The second kappa shape index (κ2) is 17.8. The van der Waals surface area contributed by atoms with Crippen LogP contribution in [0.4, 0.5) is 4.79 Å². The molecule has 0 aromatic carbocycles. The van der Waals surface area contributed by atoms with Gasteiger partial charge in [-0.25, -0.2) is 4.79 Å². The van der Waals surface area contributed by atoms with Crippen molar-refractivity contribution in [1.82, 2.24) is 26.6 Å². The molecule has 4 amide bonds. The predicted molar refractivity (Wildman–Crippen MR) is 175 cm³/mol. The molecule has 3 rings (SSSR count). The number of rotatable bonds is 20. The highest BCUT2D eigenvalue weighted by molar-refractivity contribution is 5.92. The highest BCUT2D eigenvalue weighted by Crippen LogP contribution is 2.59. The number of carbonyl (C=O) groups excluding carboxylic acids is 4. The maximum atomic E-state index is 12.7. The van der Waals surface area contributed by atoms with Crippen molar-refractivity contribution in [2.24, 2.45) is 23.3 Å². The van der Waals surface area contributed by atoms with Crippen LogP contribution in [-0.2, 0) is 38.1 Å². The van der Waals surface area contributed by atoms with E-state index in [9.17, 15) is 29.1 Å². The van der Waals surface area contributed by atoms with E-state index in [1.54, 1.807) is 7.11 Å². The Kier molecular flexibility index (Phi) is 14.4. The van der Waals surface area contributed by atoms with Gasteiger partial charge in [-0.15, -0.1) is 0 Å². The van der Waals surface area contributed by atoms with E-state index in [-0.39, 0.29) is 43.1 Å². The van der Waals surface area contributed by atoms with E-state index in [4.69, 9.17) is 35.8 Å². The summed E-state index contributed by atoms with van der Waals surface area (Å²) >= 11 is 0. The zero-order valence-corrected chi connectivity index (χ0v) is 28.8. The number of aliphatic carboxylic acids is 1. The van der Waals surface area contributed by atoms with Gasteiger partial charge in [0.25, 0.3) is 0 Å². The predicted octanol–water partition coefficient (Wildman–Crippen LogP) is -1.35. The number of nitrogens with one attached hydrogen (secondary N) is 6. The van der Waals surface area contributed by atoms with Gasteiger partial charge in [-0.05, 0) is 51.4 Å². The van der Waals surface area contributed by atoms with Crippen LogP contribution in [0.2, 0.25) is 0 Å². The van der Waals surface area contributed by atoms with Crippen molar-refractivity contribution in [3.63, 3.8) is 0 Å². The fourth-order valence-electron chi connectivity index (χ4n) is 6.53. The molecule has 8 atom stereocenters. The average Bonchev–Trinajstić information content (AvgIpc) is 3.95. The number of ether oxygens (including phenoxy) is 4. The Bertz CT molecular complexity index is 1200. The van der Waals surface area contributed by atoms with Crippen molar-refractivity contribution >= 4 is 35.7 Å². The Morgan fingerprint density at radius 1 is 1.04 bits per heavy atom. The topological polar surface area (TPSA) is 285 Å².